The number of hydrogen-bond donors (Lipinski definition) is 1. The van der Waals surface area contributed by atoms with Gasteiger partial charge in [-0.25, -0.2) is 0 Å². The van der Waals surface area contributed by atoms with E-state index in [2.05, 4.69) is 59.2 Å². The van der Waals surface area contributed by atoms with E-state index < -0.39 is 0 Å². The fourth-order valence-electron chi connectivity index (χ4n) is 1.52. The Bertz CT molecular complexity index is 145. The van der Waals surface area contributed by atoms with Gasteiger partial charge in [0.15, 0.2) is 0 Å². The lowest BCUT2D eigenvalue weighted by Crippen LogP contribution is -2.38. The summed E-state index contributed by atoms with van der Waals surface area (Å²) in [7, 11) is 2.23. The molecule has 0 aliphatic carbocycles. The topological polar surface area (TPSA) is 3.24 Å². The van der Waals surface area contributed by atoms with Crippen molar-refractivity contribution >= 4 is 12.6 Å². The highest BCUT2D eigenvalue weighted by Gasteiger charge is 2.18. The molecular formula is C12H27NS. The van der Waals surface area contributed by atoms with Crippen LogP contribution >= 0.6 is 12.6 Å². The third-order valence-electron chi connectivity index (χ3n) is 3.36. The predicted molar refractivity (Wildman–Crippen MR) is 69.1 cm³/mol. The fourth-order valence-corrected chi connectivity index (χ4v) is 2.06. The summed E-state index contributed by atoms with van der Waals surface area (Å²) in [4.78, 5) is 2.46. The van der Waals surface area contributed by atoms with Crippen LogP contribution in [0.25, 0.3) is 0 Å². The molecule has 0 bridgehead atoms. The molecule has 2 heteroatoms. The largest absolute Gasteiger partial charge is 0.303 e. The Balaban J connectivity index is 4.08. The average Bonchev–Trinajstić information content (AvgIpc) is 2.11. The smallest absolute Gasteiger partial charge is 0.00870 e. The normalized spacial score (nSPS) is 16.7. The summed E-state index contributed by atoms with van der Waals surface area (Å²) in [6.07, 6.45) is 0. The molecule has 0 aliphatic rings. The molecule has 1 nitrogen and oxygen atoms in total. The van der Waals surface area contributed by atoms with Crippen molar-refractivity contribution in [2.24, 2.45) is 17.8 Å². The van der Waals surface area contributed by atoms with Gasteiger partial charge in [0.05, 0.1) is 0 Å². The highest BCUT2D eigenvalue weighted by Crippen LogP contribution is 2.17. The van der Waals surface area contributed by atoms with Crippen LogP contribution in [0.1, 0.15) is 34.6 Å². The van der Waals surface area contributed by atoms with Crippen LogP contribution in [0.5, 0.6) is 0 Å². The zero-order chi connectivity index (χ0) is 11.3. The zero-order valence-corrected chi connectivity index (χ0v) is 11.5. The van der Waals surface area contributed by atoms with E-state index in [0.717, 1.165) is 17.6 Å². The third-order valence-corrected chi connectivity index (χ3v) is 3.83. The highest BCUT2D eigenvalue weighted by atomic mass is 32.1. The lowest BCUT2D eigenvalue weighted by Gasteiger charge is -2.32. The van der Waals surface area contributed by atoms with Crippen molar-refractivity contribution in [1.29, 1.82) is 0 Å². The van der Waals surface area contributed by atoms with Gasteiger partial charge in [-0.3, -0.25) is 0 Å². The van der Waals surface area contributed by atoms with E-state index in [0.29, 0.717) is 12.0 Å². The van der Waals surface area contributed by atoms with Crippen molar-refractivity contribution in [3.8, 4) is 0 Å². The summed E-state index contributed by atoms with van der Waals surface area (Å²) >= 11 is 4.42. The first kappa shape index (κ1) is 14.3. The molecule has 0 aromatic heterocycles. The second-order valence-corrected chi connectivity index (χ2v) is 5.48. The Hall–Kier alpha value is 0.310. The van der Waals surface area contributed by atoms with Gasteiger partial charge in [0.2, 0.25) is 0 Å². The summed E-state index contributed by atoms with van der Waals surface area (Å²) in [5, 5.41) is 0. The van der Waals surface area contributed by atoms with E-state index in [-0.39, 0.29) is 0 Å². The predicted octanol–water partition coefficient (Wildman–Crippen LogP) is 3.16. The number of nitrogens with zero attached hydrogens (tertiary/aromatic N) is 1. The van der Waals surface area contributed by atoms with Crippen LogP contribution in [-0.4, -0.2) is 30.3 Å². The van der Waals surface area contributed by atoms with Gasteiger partial charge in [0.1, 0.15) is 0 Å². The number of hydrogen-bond acceptors (Lipinski definition) is 2. The molecule has 0 N–H and O–H groups in total. The SMILES string of the molecule is CC(C)C(CS)CN(C)C(C)C(C)C. The van der Waals surface area contributed by atoms with Crippen LogP contribution in [0.4, 0.5) is 0 Å². The zero-order valence-electron chi connectivity index (χ0n) is 10.6. The van der Waals surface area contributed by atoms with Gasteiger partial charge < -0.3 is 4.90 Å². The molecule has 2 unspecified atom stereocenters. The fraction of sp³-hybridized carbons (Fsp3) is 1.00. The van der Waals surface area contributed by atoms with Crippen LogP contribution in [-0.2, 0) is 0 Å². The van der Waals surface area contributed by atoms with Gasteiger partial charge in [-0.1, -0.05) is 27.7 Å². The van der Waals surface area contributed by atoms with E-state index in [4.69, 9.17) is 0 Å². The first-order valence-electron chi connectivity index (χ1n) is 5.71. The molecule has 0 rings (SSSR count). The van der Waals surface area contributed by atoms with Crippen molar-refractivity contribution in [2.75, 3.05) is 19.3 Å². The molecule has 86 valence electrons. The van der Waals surface area contributed by atoms with Crippen LogP contribution < -0.4 is 0 Å². The number of thiol groups is 1. The van der Waals surface area contributed by atoms with Crippen LogP contribution in [0, 0.1) is 17.8 Å². The Morgan fingerprint density at radius 3 is 1.79 bits per heavy atom. The standard InChI is InChI=1S/C12H27NS/c1-9(2)11(5)13(6)7-12(8-14)10(3)4/h9-12,14H,7-8H2,1-6H3. The van der Waals surface area contributed by atoms with Crippen molar-refractivity contribution < 1.29 is 0 Å². The van der Waals surface area contributed by atoms with Gasteiger partial charge in [-0.15, -0.1) is 0 Å². The van der Waals surface area contributed by atoms with Crippen molar-refractivity contribution in [3.05, 3.63) is 0 Å². The summed E-state index contributed by atoms with van der Waals surface area (Å²) in [6.45, 7) is 12.6. The molecule has 0 amide bonds. The third kappa shape index (κ3) is 4.70. The van der Waals surface area contributed by atoms with Gasteiger partial charge in [-0.05, 0) is 37.5 Å². The molecule has 2 atom stereocenters. The minimum absolute atomic E-state index is 0.663. The van der Waals surface area contributed by atoms with E-state index in [1.807, 2.05) is 0 Å². The molecule has 0 aromatic carbocycles. The molecular weight excluding hydrogens is 190 g/mol. The average molecular weight is 217 g/mol. The molecule has 0 aliphatic heterocycles. The maximum absolute atomic E-state index is 4.42. The van der Waals surface area contributed by atoms with Crippen molar-refractivity contribution in [2.45, 2.75) is 40.7 Å². The molecule has 14 heavy (non-hydrogen) atoms. The Kier molecular flexibility index (Phi) is 6.88. The molecule has 0 fully saturated rings. The minimum atomic E-state index is 0.663. The Labute approximate surface area is 95.7 Å². The molecule has 0 heterocycles. The van der Waals surface area contributed by atoms with E-state index in [9.17, 15) is 0 Å². The van der Waals surface area contributed by atoms with Gasteiger partial charge >= 0.3 is 0 Å². The summed E-state index contributed by atoms with van der Waals surface area (Å²) < 4.78 is 0. The van der Waals surface area contributed by atoms with E-state index in [1.54, 1.807) is 0 Å². The second kappa shape index (κ2) is 6.73. The monoisotopic (exact) mass is 217 g/mol. The summed E-state index contributed by atoms with van der Waals surface area (Å²) in [5.74, 6) is 3.17. The Morgan fingerprint density at radius 2 is 1.50 bits per heavy atom. The van der Waals surface area contributed by atoms with E-state index in [1.165, 1.54) is 6.54 Å². The molecule has 0 aromatic rings. The van der Waals surface area contributed by atoms with Crippen LogP contribution in [0.3, 0.4) is 0 Å². The highest BCUT2D eigenvalue weighted by molar-refractivity contribution is 7.80. The van der Waals surface area contributed by atoms with Gasteiger partial charge in [0, 0.05) is 12.6 Å². The van der Waals surface area contributed by atoms with Gasteiger partial charge in [-0.2, -0.15) is 12.6 Å². The summed E-state index contributed by atoms with van der Waals surface area (Å²) in [5.41, 5.74) is 0. The van der Waals surface area contributed by atoms with E-state index >= 15 is 0 Å². The molecule has 0 spiro atoms. The first-order chi connectivity index (χ1) is 6.40. The minimum Gasteiger partial charge on any atom is -0.303 e. The Morgan fingerprint density at radius 1 is 1.00 bits per heavy atom. The quantitative estimate of drug-likeness (QED) is 0.669. The molecule has 0 radical (unpaired) electrons. The lowest BCUT2D eigenvalue weighted by atomic mass is 9.95. The van der Waals surface area contributed by atoms with Crippen LogP contribution in [0.15, 0.2) is 0 Å². The van der Waals surface area contributed by atoms with Crippen molar-refractivity contribution in [3.63, 3.8) is 0 Å². The van der Waals surface area contributed by atoms with Crippen LogP contribution in [0.2, 0.25) is 0 Å². The van der Waals surface area contributed by atoms with Crippen molar-refractivity contribution in [1.82, 2.24) is 4.90 Å². The summed E-state index contributed by atoms with van der Waals surface area (Å²) in [6, 6.07) is 0.663. The molecule has 0 saturated heterocycles. The number of rotatable bonds is 6. The lowest BCUT2D eigenvalue weighted by molar-refractivity contribution is 0.169. The molecule has 0 saturated carbocycles. The maximum atomic E-state index is 4.42. The van der Waals surface area contributed by atoms with Gasteiger partial charge in [0.25, 0.3) is 0 Å². The second-order valence-electron chi connectivity index (χ2n) is 5.11. The maximum Gasteiger partial charge on any atom is 0.00870 e. The first-order valence-corrected chi connectivity index (χ1v) is 6.34.